The summed E-state index contributed by atoms with van der Waals surface area (Å²) in [6, 6.07) is 5.11. The lowest BCUT2D eigenvalue weighted by molar-refractivity contribution is -0.131. The first kappa shape index (κ1) is 21.1. The number of hydrogen-bond acceptors (Lipinski definition) is 5. The molecule has 2 aliphatic rings. The van der Waals surface area contributed by atoms with Crippen LogP contribution in [0.15, 0.2) is 18.2 Å². The second kappa shape index (κ2) is 9.26. The number of amides is 2. The summed E-state index contributed by atoms with van der Waals surface area (Å²) in [5.41, 5.74) is 1.22. The number of carboxylic acid groups (broad SMARTS) is 1. The summed E-state index contributed by atoms with van der Waals surface area (Å²) >= 11 is 0. The Kier molecular flexibility index (Phi) is 6.74. The molecule has 2 amide bonds. The number of anilines is 2. The van der Waals surface area contributed by atoms with E-state index >= 15 is 0 Å². The van der Waals surface area contributed by atoms with E-state index < -0.39 is 5.97 Å². The van der Waals surface area contributed by atoms with Crippen molar-refractivity contribution in [2.45, 2.75) is 26.7 Å². The first-order valence-electron chi connectivity index (χ1n) is 10.3. The Hall–Kier alpha value is -2.61. The topological polar surface area (TPSA) is 93.2 Å². The van der Waals surface area contributed by atoms with Crippen LogP contribution in [0.2, 0.25) is 0 Å². The van der Waals surface area contributed by atoms with Crippen LogP contribution in [0.25, 0.3) is 0 Å². The first-order valence-corrected chi connectivity index (χ1v) is 10.3. The summed E-state index contributed by atoms with van der Waals surface area (Å²) in [6.07, 6.45) is 2.19. The summed E-state index contributed by atoms with van der Waals surface area (Å²) in [5, 5.41) is 12.3. The molecule has 0 spiro atoms. The van der Waals surface area contributed by atoms with E-state index in [0.29, 0.717) is 12.2 Å². The van der Waals surface area contributed by atoms with E-state index in [1.807, 2.05) is 11.0 Å². The van der Waals surface area contributed by atoms with Gasteiger partial charge in [-0.3, -0.25) is 14.5 Å². The summed E-state index contributed by atoms with van der Waals surface area (Å²) in [7, 11) is 0. The van der Waals surface area contributed by atoms with Gasteiger partial charge in [-0.05, 0) is 31.0 Å². The average Bonchev–Trinajstić information content (AvgIpc) is 3.23. The molecule has 0 atom stereocenters. The van der Waals surface area contributed by atoms with Crippen LogP contribution >= 0.6 is 0 Å². The van der Waals surface area contributed by atoms with Gasteiger partial charge in [-0.25, -0.2) is 4.79 Å². The maximum absolute atomic E-state index is 12.3. The number of aromatic carboxylic acids is 1. The third kappa shape index (κ3) is 5.26. The Morgan fingerprint density at radius 3 is 2.28 bits per heavy atom. The molecular weight excluding hydrogens is 372 g/mol. The zero-order chi connectivity index (χ0) is 21.0. The Morgan fingerprint density at radius 1 is 1.03 bits per heavy atom. The molecule has 0 saturated carbocycles. The minimum Gasteiger partial charge on any atom is -0.478 e. The third-order valence-electron chi connectivity index (χ3n) is 5.57. The van der Waals surface area contributed by atoms with Gasteiger partial charge in [0.2, 0.25) is 11.8 Å². The van der Waals surface area contributed by atoms with Crippen molar-refractivity contribution < 1.29 is 19.5 Å². The maximum Gasteiger partial charge on any atom is 0.337 e. The van der Waals surface area contributed by atoms with Gasteiger partial charge in [-0.1, -0.05) is 13.8 Å². The lowest BCUT2D eigenvalue weighted by atomic mass is 10.1. The average molecular weight is 402 g/mol. The van der Waals surface area contributed by atoms with Crippen LogP contribution in [-0.2, 0) is 9.59 Å². The number of piperazine rings is 1. The highest BCUT2D eigenvalue weighted by Crippen LogP contribution is 2.25. The van der Waals surface area contributed by atoms with Crippen LogP contribution in [-0.4, -0.2) is 78.5 Å². The smallest absolute Gasteiger partial charge is 0.337 e. The van der Waals surface area contributed by atoms with Crippen LogP contribution in [0.5, 0.6) is 0 Å². The molecule has 29 heavy (non-hydrogen) atoms. The van der Waals surface area contributed by atoms with Gasteiger partial charge < -0.3 is 20.2 Å². The van der Waals surface area contributed by atoms with E-state index in [-0.39, 0.29) is 23.3 Å². The molecule has 0 aromatic heterocycles. The van der Waals surface area contributed by atoms with Gasteiger partial charge in [0.25, 0.3) is 0 Å². The molecule has 8 heteroatoms. The number of carboxylic acids is 1. The van der Waals surface area contributed by atoms with E-state index in [4.69, 9.17) is 0 Å². The van der Waals surface area contributed by atoms with Crippen molar-refractivity contribution in [3.8, 4) is 0 Å². The fourth-order valence-electron chi connectivity index (χ4n) is 3.71. The van der Waals surface area contributed by atoms with Gasteiger partial charge >= 0.3 is 5.97 Å². The molecule has 0 bridgehead atoms. The molecule has 3 rings (SSSR count). The highest BCUT2D eigenvalue weighted by atomic mass is 16.4. The highest BCUT2D eigenvalue weighted by Gasteiger charge is 2.24. The van der Waals surface area contributed by atoms with Crippen molar-refractivity contribution in [3.63, 3.8) is 0 Å². The zero-order valence-corrected chi connectivity index (χ0v) is 17.2. The van der Waals surface area contributed by atoms with Gasteiger partial charge in [0.15, 0.2) is 0 Å². The van der Waals surface area contributed by atoms with Crippen molar-refractivity contribution >= 4 is 29.2 Å². The van der Waals surface area contributed by atoms with Crippen LogP contribution in [0.4, 0.5) is 11.4 Å². The maximum atomic E-state index is 12.3. The first-order chi connectivity index (χ1) is 13.8. The van der Waals surface area contributed by atoms with Crippen molar-refractivity contribution in [1.82, 2.24) is 9.80 Å². The van der Waals surface area contributed by atoms with Crippen molar-refractivity contribution in [2.75, 3.05) is 56.0 Å². The van der Waals surface area contributed by atoms with E-state index in [2.05, 4.69) is 15.1 Å². The summed E-state index contributed by atoms with van der Waals surface area (Å²) in [5.74, 6) is -1.31. The van der Waals surface area contributed by atoms with Gasteiger partial charge in [0.05, 0.1) is 17.8 Å². The number of benzene rings is 1. The van der Waals surface area contributed by atoms with Crippen LogP contribution in [0, 0.1) is 5.92 Å². The molecule has 2 aliphatic heterocycles. The Balaban J connectivity index is 1.61. The molecule has 2 saturated heterocycles. The molecule has 2 fully saturated rings. The van der Waals surface area contributed by atoms with Gasteiger partial charge in [0, 0.05) is 50.9 Å². The largest absolute Gasteiger partial charge is 0.478 e. The monoisotopic (exact) mass is 402 g/mol. The number of hydrogen-bond donors (Lipinski definition) is 2. The van der Waals surface area contributed by atoms with Gasteiger partial charge in [0.1, 0.15) is 0 Å². The van der Waals surface area contributed by atoms with Gasteiger partial charge in [-0.2, -0.15) is 0 Å². The number of rotatable bonds is 6. The van der Waals surface area contributed by atoms with Crippen LogP contribution < -0.4 is 10.2 Å². The quantitative estimate of drug-likeness (QED) is 0.753. The van der Waals surface area contributed by atoms with E-state index in [1.165, 1.54) is 0 Å². The van der Waals surface area contributed by atoms with E-state index in [1.54, 1.807) is 26.0 Å². The molecular formula is C21H30N4O4. The Labute approximate surface area is 171 Å². The second-order valence-corrected chi connectivity index (χ2v) is 8.03. The van der Waals surface area contributed by atoms with Gasteiger partial charge in [-0.15, -0.1) is 0 Å². The van der Waals surface area contributed by atoms with Crippen molar-refractivity contribution in [1.29, 1.82) is 0 Å². The molecule has 2 heterocycles. The molecule has 0 radical (unpaired) electrons. The summed E-state index contributed by atoms with van der Waals surface area (Å²) in [6.45, 7) is 8.69. The number of carbonyl (C=O) groups excluding carboxylic acids is 2. The zero-order valence-electron chi connectivity index (χ0n) is 17.2. The molecule has 158 valence electrons. The Morgan fingerprint density at radius 2 is 1.69 bits per heavy atom. The molecule has 2 N–H and O–H groups in total. The third-order valence-corrected chi connectivity index (χ3v) is 5.57. The van der Waals surface area contributed by atoms with Crippen molar-refractivity contribution in [2.24, 2.45) is 5.92 Å². The fourth-order valence-corrected chi connectivity index (χ4v) is 3.71. The normalized spacial score (nSPS) is 17.6. The minimum absolute atomic E-state index is 0.0862. The number of carbonyl (C=O) groups is 3. The number of likely N-dealkylation sites (tertiary alicyclic amines) is 1. The predicted molar refractivity (Wildman–Crippen MR) is 111 cm³/mol. The van der Waals surface area contributed by atoms with Crippen LogP contribution in [0.3, 0.4) is 0 Å². The lowest BCUT2D eigenvalue weighted by Gasteiger charge is -2.36. The number of nitrogens with zero attached hydrogens (tertiary/aromatic N) is 3. The summed E-state index contributed by atoms with van der Waals surface area (Å²) in [4.78, 5) is 42.2. The molecule has 1 aromatic rings. The fraction of sp³-hybridized carbons (Fsp3) is 0.571. The molecule has 8 nitrogen and oxygen atoms in total. The van der Waals surface area contributed by atoms with Crippen LogP contribution in [0.1, 0.15) is 37.0 Å². The molecule has 1 aromatic carbocycles. The SMILES string of the molecule is CC(C)C(=O)Nc1ccc(N2CCN(CC(=O)N3CCCC3)CC2)cc1C(=O)O. The predicted octanol–water partition coefficient (Wildman–Crippen LogP) is 1.72. The Bertz CT molecular complexity index is 766. The standard InChI is InChI=1S/C21H30N4O4/c1-15(2)20(27)22-18-6-5-16(13-17(18)21(28)29)24-11-9-23(10-12-24)14-19(26)25-7-3-4-8-25/h5-6,13,15H,3-4,7-12,14H2,1-2H3,(H,22,27)(H,28,29). The molecule has 0 unspecified atom stereocenters. The van der Waals surface area contributed by atoms with Crippen molar-refractivity contribution in [3.05, 3.63) is 23.8 Å². The van der Waals surface area contributed by atoms with E-state index in [9.17, 15) is 19.5 Å². The highest BCUT2D eigenvalue weighted by molar-refractivity contribution is 6.01. The number of nitrogens with one attached hydrogen (secondary N) is 1. The molecule has 0 aliphatic carbocycles. The van der Waals surface area contributed by atoms with E-state index in [0.717, 1.165) is 57.8 Å². The lowest BCUT2D eigenvalue weighted by Crippen LogP contribution is -2.49. The second-order valence-electron chi connectivity index (χ2n) is 8.03. The summed E-state index contributed by atoms with van der Waals surface area (Å²) < 4.78 is 0. The minimum atomic E-state index is -1.07.